The van der Waals surface area contributed by atoms with E-state index in [4.69, 9.17) is 27.9 Å². The molecule has 0 bridgehead atoms. The Morgan fingerprint density at radius 3 is 2.44 bits per heavy atom. The molecule has 0 radical (unpaired) electrons. The molecule has 1 saturated heterocycles. The standard InChI is InChI=1S/C26H24Cl2F5N3O5/c27-19-2-1-16(7-21(19)29)40-12-15(37)10-35-5-3-14(4-6-35)34-25(39)18-11-36(13-41-26(31,32)33)23-9-20(28)22(30)8-17(23)24(18)38/h1-2,7-9,11,14-15,37H,3-6,10,12-13H2,(H,34,39)/t15-/m0/s1. The second-order valence-corrected chi connectivity index (χ2v) is 10.2. The summed E-state index contributed by atoms with van der Waals surface area (Å²) >= 11 is 11.4. The molecule has 3 aromatic rings. The Labute approximate surface area is 240 Å². The first-order chi connectivity index (χ1) is 19.3. The zero-order valence-electron chi connectivity index (χ0n) is 21.2. The van der Waals surface area contributed by atoms with Crippen LogP contribution in [0.1, 0.15) is 23.2 Å². The Kier molecular flexibility index (Phi) is 9.75. The molecule has 15 heteroatoms. The number of hydrogen-bond donors (Lipinski definition) is 2. The van der Waals surface area contributed by atoms with Gasteiger partial charge in [0.25, 0.3) is 5.91 Å². The van der Waals surface area contributed by atoms with E-state index in [1.807, 2.05) is 4.90 Å². The molecule has 0 aliphatic carbocycles. The molecule has 41 heavy (non-hydrogen) atoms. The van der Waals surface area contributed by atoms with E-state index in [2.05, 4.69) is 10.1 Å². The largest absolute Gasteiger partial charge is 0.524 e. The first kappa shape index (κ1) is 31.0. The molecule has 222 valence electrons. The number of nitrogens with zero attached hydrogens (tertiary/aromatic N) is 2. The number of carbonyl (C=O) groups excluding carboxylic acids is 1. The first-order valence-corrected chi connectivity index (χ1v) is 13.1. The molecule has 0 spiro atoms. The number of carbonyl (C=O) groups is 1. The number of aliphatic hydroxyl groups is 1. The summed E-state index contributed by atoms with van der Waals surface area (Å²) in [6.07, 6.45) is -4.07. The van der Waals surface area contributed by atoms with Gasteiger partial charge in [-0.05, 0) is 37.1 Å². The normalized spacial score (nSPS) is 15.7. The molecule has 2 N–H and O–H groups in total. The zero-order valence-corrected chi connectivity index (χ0v) is 22.7. The number of rotatable bonds is 9. The number of amides is 1. The number of ether oxygens (including phenoxy) is 2. The maximum absolute atomic E-state index is 14.1. The lowest BCUT2D eigenvalue weighted by atomic mass is 10.0. The SMILES string of the molecule is O=C(NC1CCN(C[C@H](O)COc2ccc(Cl)c(F)c2)CC1)c1cn(COC(F)(F)F)c2cc(Cl)c(F)cc2c1=O. The summed E-state index contributed by atoms with van der Waals surface area (Å²) in [7, 11) is 0. The zero-order chi connectivity index (χ0) is 29.9. The topological polar surface area (TPSA) is 93.0 Å². The number of alkyl halides is 3. The van der Waals surface area contributed by atoms with Gasteiger partial charge < -0.3 is 24.6 Å². The minimum absolute atomic E-state index is 0.0478. The number of halogens is 7. The molecule has 0 unspecified atom stereocenters. The number of hydrogen-bond acceptors (Lipinski definition) is 6. The van der Waals surface area contributed by atoms with Crippen LogP contribution in [-0.2, 0) is 11.5 Å². The summed E-state index contributed by atoms with van der Waals surface area (Å²) in [4.78, 5) is 27.9. The van der Waals surface area contributed by atoms with Crippen molar-refractivity contribution in [3.8, 4) is 5.75 Å². The lowest BCUT2D eigenvalue weighted by Crippen LogP contribution is -2.47. The van der Waals surface area contributed by atoms with Crippen LogP contribution in [0.4, 0.5) is 22.0 Å². The molecule has 4 rings (SSSR count). The van der Waals surface area contributed by atoms with Gasteiger partial charge in [-0.1, -0.05) is 23.2 Å². The van der Waals surface area contributed by atoms with Gasteiger partial charge in [0.2, 0.25) is 5.43 Å². The highest BCUT2D eigenvalue weighted by molar-refractivity contribution is 6.31. The van der Waals surface area contributed by atoms with Gasteiger partial charge in [0.1, 0.15) is 42.4 Å². The fourth-order valence-electron chi connectivity index (χ4n) is 4.43. The monoisotopic (exact) mass is 623 g/mol. The fraction of sp³-hybridized carbons (Fsp3) is 0.385. The third-order valence-electron chi connectivity index (χ3n) is 6.46. The molecule has 0 saturated carbocycles. The average molecular weight is 624 g/mol. The van der Waals surface area contributed by atoms with Crippen molar-refractivity contribution in [1.82, 2.24) is 14.8 Å². The Bertz CT molecular complexity index is 1480. The maximum atomic E-state index is 14.1. The minimum atomic E-state index is -5.00. The van der Waals surface area contributed by atoms with E-state index in [9.17, 15) is 36.6 Å². The summed E-state index contributed by atoms with van der Waals surface area (Å²) in [5, 5.41) is 12.2. The van der Waals surface area contributed by atoms with Crippen LogP contribution in [0.5, 0.6) is 5.75 Å². The number of aliphatic hydroxyl groups excluding tert-OH is 1. The molecule has 1 amide bonds. The van der Waals surface area contributed by atoms with Gasteiger partial charge in [0.05, 0.1) is 15.6 Å². The Morgan fingerprint density at radius 2 is 1.78 bits per heavy atom. The third-order valence-corrected chi connectivity index (χ3v) is 7.06. The van der Waals surface area contributed by atoms with Crippen molar-refractivity contribution < 1.29 is 41.3 Å². The van der Waals surface area contributed by atoms with Crippen LogP contribution >= 0.6 is 23.2 Å². The van der Waals surface area contributed by atoms with Crippen molar-refractivity contribution in [2.45, 2.75) is 38.1 Å². The van der Waals surface area contributed by atoms with Crippen LogP contribution in [0.2, 0.25) is 10.0 Å². The summed E-state index contributed by atoms with van der Waals surface area (Å²) < 4.78 is 75.8. The van der Waals surface area contributed by atoms with E-state index in [0.29, 0.717) is 25.9 Å². The van der Waals surface area contributed by atoms with Gasteiger partial charge in [0, 0.05) is 43.3 Å². The van der Waals surface area contributed by atoms with Crippen molar-refractivity contribution in [2.75, 3.05) is 26.2 Å². The fourth-order valence-corrected chi connectivity index (χ4v) is 4.70. The van der Waals surface area contributed by atoms with Crippen LogP contribution in [0.25, 0.3) is 10.9 Å². The number of likely N-dealkylation sites (tertiary alicyclic amines) is 1. The van der Waals surface area contributed by atoms with E-state index in [1.165, 1.54) is 12.1 Å². The predicted octanol–water partition coefficient (Wildman–Crippen LogP) is 4.71. The third kappa shape index (κ3) is 8.07. The van der Waals surface area contributed by atoms with Crippen LogP contribution in [-0.4, -0.2) is 65.2 Å². The van der Waals surface area contributed by atoms with Crippen LogP contribution < -0.4 is 15.5 Å². The molecule has 8 nitrogen and oxygen atoms in total. The lowest BCUT2D eigenvalue weighted by Gasteiger charge is -2.33. The van der Waals surface area contributed by atoms with Gasteiger partial charge in [0.15, 0.2) is 0 Å². The number of pyridine rings is 1. The van der Waals surface area contributed by atoms with E-state index < -0.39 is 52.8 Å². The molecule has 1 aliphatic rings. The summed E-state index contributed by atoms with van der Waals surface area (Å²) in [5.41, 5.74) is -1.50. The van der Waals surface area contributed by atoms with Crippen molar-refractivity contribution in [3.05, 3.63) is 74.0 Å². The maximum Gasteiger partial charge on any atom is 0.524 e. The predicted molar refractivity (Wildman–Crippen MR) is 140 cm³/mol. The van der Waals surface area contributed by atoms with Crippen LogP contribution in [0, 0.1) is 11.6 Å². The number of aromatic nitrogens is 1. The quantitative estimate of drug-likeness (QED) is 0.335. The molecule has 1 fully saturated rings. The Hall–Kier alpha value is -2.97. The van der Waals surface area contributed by atoms with E-state index >= 15 is 0 Å². The van der Waals surface area contributed by atoms with Crippen molar-refractivity contribution in [1.29, 1.82) is 0 Å². The minimum Gasteiger partial charge on any atom is -0.491 e. The first-order valence-electron chi connectivity index (χ1n) is 12.3. The van der Waals surface area contributed by atoms with Gasteiger partial charge in [-0.2, -0.15) is 0 Å². The molecule has 2 aromatic carbocycles. The van der Waals surface area contributed by atoms with Gasteiger partial charge in [-0.15, -0.1) is 13.2 Å². The summed E-state index contributed by atoms with van der Waals surface area (Å²) in [6.45, 7) is 0.0144. The molecule has 2 heterocycles. The molecular formula is C26H24Cl2F5N3O5. The van der Waals surface area contributed by atoms with Gasteiger partial charge >= 0.3 is 6.36 Å². The second-order valence-electron chi connectivity index (χ2n) is 9.43. The van der Waals surface area contributed by atoms with E-state index in [0.717, 1.165) is 29.0 Å². The summed E-state index contributed by atoms with van der Waals surface area (Å²) in [6, 6.07) is 5.31. The average Bonchev–Trinajstić information content (AvgIpc) is 2.90. The number of nitrogens with one attached hydrogen (secondary N) is 1. The molecule has 1 atom stereocenters. The second kappa shape index (κ2) is 12.9. The van der Waals surface area contributed by atoms with Crippen molar-refractivity contribution >= 4 is 40.0 Å². The van der Waals surface area contributed by atoms with Crippen LogP contribution in [0.3, 0.4) is 0 Å². The number of piperidine rings is 1. The Morgan fingerprint density at radius 1 is 1.10 bits per heavy atom. The smallest absolute Gasteiger partial charge is 0.491 e. The number of benzene rings is 2. The van der Waals surface area contributed by atoms with Gasteiger partial charge in [-0.25, -0.2) is 8.78 Å². The number of fused-ring (bicyclic) bond motifs is 1. The highest BCUT2D eigenvalue weighted by Crippen LogP contribution is 2.24. The summed E-state index contributed by atoms with van der Waals surface area (Å²) in [5.74, 6) is -2.24. The van der Waals surface area contributed by atoms with E-state index in [-0.39, 0.29) is 40.9 Å². The van der Waals surface area contributed by atoms with Crippen molar-refractivity contribution in [3.63, 3.8) is 0 Å². The highest BCUT2D eigenvalue weighted by atomic mass is 35.5. The molecule has 1 aliphatic heterocycles. The lowest BCUT2D eigenvalue weighted by molar-refractivity contribution is -0.337. The molecular weight excluding hydrogens is 600 g/mol. The van der Waals surface area contributed by atoms with Gasteiger partial charge in [-0.3, -0.25) is 14.3 Å². The van der Waals surface area contributed by atoms with Crippen LogP contribution in [0.15, 0.2) is 41.3 Å². The van der Waals surface area contributed by atoms with Crippen molar-refractivity contribution in [2.24, 2.45) is 0 Å². The Balaban J connectivity index is 1.37. The van der Waals surface area contributed by atoms with E-state index in [1.54, 1.807) is 0 Å². The molecule has 1 aromatic heterocycles. The highest BCUT2D eigenvalue weighted by Gasteiger charge is 2.30. The number of β-amino-alcohol motifs (C(OH)–C–C–N with tert-alkyl or cyclic N) is 1.